The maximum atomic E-state index is 10.9. The quantitative estimate of drug-likeness (QED) is 0.206. The van der Waals surface area contributed by atoms with Gasteiger partial charge in [0.05, 0.1) is 0 Å². The Balaban J connectivity index is 3.51. The van der Waals surface area contributed by atoms with Gasteiger partial charge < -0.3 is 5.11 Å². The molecular weight excluding hydrogens is 352 g/mol. The van der Waals surface area contributed by atoms with E-state index in [-0.39, 0.29) is 5.25 Å². The molecule has 0 aliphatic heterocycles. The average molecular weight is 391 g/mol. The van der Waals surface area contributed by atoms with Crippen molar-refractivity contribution < 1.29 is 9.90 Å². The molecule has 152 valence electrons. The minimum atomic E-state index is -0.680. The molecule has 0 amide bonds. The zero-order valence-electron chi connectivity index (χ0n) is 17.2. The van der Waals surface area contributed by atoms with Crippen LogP contribution in [0.5, 0.6) is 0 Å². The Kier molecular flexibility index (Phi) is 19.7. The topological polar surface area (TPSA) is 37.3 Å². The molecule has 2 nitrogen and oxygen atoms in total. The van der Waals surface area contributed by atoms with Crippen molar-refractivity contribution >= 4 is 17.7 Å². The fourth-order valence-corrected chi connectivity index (χ4v) is 3.36. The van der Waals surface area contributed by atoms with Crippen molar-refractivity contribution in [2.24, 2.45) is 0 Å². The lowest BCUT2D eigenvalue weighted by Gasteiger charge is -2.08. The van der Waals surface area contributed by atoms with Crippen LogP contribution >= 0.6 is 11.8 Å². The Labute approximate surface area is 171 Å². The van der Waals surface area contributed by atoms with Crippen molar-refractivity contribution in [2.75, 3.05) is 5.75 Å². The summed E-state index contributed by atoms with van der Waals surface area (Å²) in [5.74, 6) is 0.260. The number of hydrogen-bond donors (Lipinski definition) is 1. The molecule has 0 unspecified atom stereocenters. The minimum absolute atomic E-state index is 0.237. The molecule has 0 saturated carbocycles. The fourth-order valence-electron chi connectivity index (χ4n) is 2.32. The van der Waals surface area contributed by atoms with Crippen LogP contribution in [0, 0.1) is 0 Å². The van der Waals surface area contributed by atoms with Gasteiger partial charge in [0.25, 0.3) is 0 Å². The van der Waals surface area contributed by atoms with Crippen LogP contribution in [0.25, 0.3) is 0 Å². The van der Waals surface area contributed by atoms with Gasteiger partial charge in [-0.3, -0.25) is 4.79 Å². The number of allylic oxidation sites excluding steroid dienone is 10. The molecule has 0 aromatic rings. The summed E-state index contributed by atoms with van der Waals surface area (Å²) in [7, 11) is 0. The Bertz CT molecular complexity index is 487. The van der Waals surface area contributed by atoms with Crippen LogP contribution in [-0.2, 0) is 4.79 Å². The number of thioether (sulfide) groups is 1. The summed E-state index contributed by atoms with van der Waals surface area (Å²) in [5.41, 5.74) is 0. The third-order valence-electron chi connectivity index (χ3n) is 3.89. The molecule has 0 heterocycles. The van der Waals surface area contributed by atoms with E-state index in [0.717, 1.165) is 57.1 Å². The maximum Gasteiger partial charge on any atom is 0.316 e. The third kappa shape index (κ3) is 19.1. The molecular formula is C24H38O2S. The molecule has 1 N–H and O–H groups in total. The van der Waals surface area contributed by atoms with E-state index in [4.69, 9.17) is 5.11 Å². The predicted molar refractivity (Wildman–Crippen MR) is 122 cm³/mol. The van der Waals surface area contributed by atoms with Crippen LogP contribution in [-0.4, -0.2) is 22.1 Å². The lowest BCUT2D eigenvalue weighted by molar-refractivity contribution is -0.136. The highest BCUT2D eigenvalue weighted by Crippen LogP contribution is 2.17. The molecule has 0 bridgehead atoms. The van der Waals surface area contributed by atoms with E-state index in [0.29, 0.717) is 6.42 Å². The molecule has 0 radical (unpaired) electrons. The van der Waals surface area contributed by atoms with E-state index >= 15 is 0 Å². The van der Waals surface area contributed by atoms with Crippen molar-refractivity contribution in [3.63, 3.8) is 0 Å². The lowest BCUT2D eigenvalue weighted by atomic mass is 10.2. The van der Waals surface area contributed by atoms with Gasteiger partial charge in [0.2, 0.25) is 0 Å². The van der Waals surface area contributed by atoms with Crippen molar-refractivity contribution in [1.82, 2.24) is 0 Å². The number of carboxylic acid groups (broad SMARTS) is 1. The van der Waals surface area contributed by atoms with E-state index in [1.165, 1.54) is 0 Å². The third-order valence-corrected chi connectivity index (χ3v) is 5.35. The molecule has 0 spiro atoms. The number of unbranched alkanes of at least 4 members (excludes halogenated alkanes) is 2. The lowest BCUT2D eigenvalue weighted by Crippen LogP contribution is -2.15. The molecule has 0 aliphatic carbocycles. The second kappa shape index (κ2) is 20.8. The molecule has 27 heavy (non-hydrogen) atoms. The number of carbonyl (C=O) groups is 1. The number of rotatable bonds is 17. The molecule has 0 saturated heterocycles. The highest BCUT2D eigenvalue weighted by atomic mass is 32.2. The standard InChI is InChI=1S/C24H38O2S/c1-3-5-6-7-8-9-10-11-12-13-14-15-16-17-18-19-20-21-22-27-23(4-2)24(25)26/h5-6,8-9,11-12,14-15,17-18,23H,3-4,7,10,13,16,19-22H2,1-2H3,(H,25,26)/b6-5-,9-8-,12-11-,15-14-,18-17-/t23-/m1/s1. The molecule has 0 aromatic carbocycles. The first-order valence-corrected chi connectivity index (χ1v) is 11.4. The highest BCUT2D eigenvalue weighted by molar-refractivity contribution is 8.00. The Morgan fingerprint density at radius 3 is 1.70 bits per heavy atom. The van der Waals surface area contributed by atoms with Crippen molar-refractivity contribution in [3.05, 3.63) is 60.8 Å². The summed E-state index contributed by atoms with van der Waals surface area (Å²) in [5, 5.41) is 8.74. The van der Waals surface area contributed by atoms with Gasteiger partial charge in [-0.25, -0.2) is 0 Å². The summed E-state index contributed by atoms with van der Waals surface area (Å²) in [4.78, 5) is 10.9. The summed E-state index contributed by atoms with van der Waals surface area (Å²) >= 11 is 1.57. The highest BCUT2D eigenvalue weighted by Gasteiger charge is 2.14. The molecule has 0 aromatic heterocycles. The second-order valence-corrected chi connectivity index (χ2v) is 7.62. The zero-order chi connectivity index (χ0) is 20.0. The molecule has 3 heteroatoms. The number of carboxylic acids is 1. The Morgan fingerprint density at radius 1 is 0.778 bits per heavy atom. The van der Waals surface area contributed by atoms with Crippen LogP contribution in [0.1, 0.15) is 71.6 Å². The Morgan fingerprint density at radius 2 is 1.26 bits per heavy atom. The largest absolute Gasteiger partial charge is 0.480 e. The smallest absolute Gasteiger partial charge is 0.316 e. The van der Waals surface area contributed by atoms with Crippen LogP contribution < -0.4 is 0 Å². The molecule has 0 aliphatic rings. The average Bonchev–Trinajstić information content (AvgIpc) is 2.66. The van der Waals surface area contributed by atoms with Gasteiger partial charge in [0.15, 0.2) is 0 Å². The monoisotopic (exact) mass is 390 g/mol. The first kappa shape index (κ1) is 25.5. The van der Waals surface area contributed by atoms with Gasteiger partial charge in [-0.2, -0.15) is 0 Å². The van der Waals surface area contributed by atoms with Gasteiger partial charge in [-0.05, 0) is 63.5 Å². The predicted octanol–water partition coefficient (Wildman–Crippen LogP) is 7.50. The van der Waals surface area contributed by atoms with E-state index in [1.807, 2.05) is 6.92 Å². The first-order chi connectivity index (χ1) is 13.2. The van der Waals surface area contributed by atoms with Crippen LogP contribution in [0.15, 0.2) is 60.8 Å². The van der Waals surface area contributed by atoms with E-state index in [9.17, 15) is 4.79 Å². The van der Waals surface area contributed by atoms with Gasteiger partial charge in [-0.1, -0.05) is 74.6 Å². The van der Waals surface area contributed by atoms with Gasteiger partial charge in [0.1, 0.15) is 5.25 Å². The summed E-state index contributed by atoms with van der Waals surface area (Å²) < 4.78 is 0. The van der Waals surface area contributed by atoms with Crippen molar-refractivity contribution in [1.29, 1.82) is 0 Å². The van der Waals surface area contributed by atoms with Gasteiger partial charge >= 0.3 is 5.97 Å². The van der Waals surface area contributed by atoms with Crippen LogP contribution in [0.2, 0.25) is 0 Å². The number of aliphatic carboxylic acids is 1. The summed E-state index contributed by atoms with van der Waals surface area (Å²) in [6.07, 6.45) is 31.3. The fraction of sp³-hybridized carbons (Fsp3) is 0.542. The first-order valence-electron chi connectivity index (χ1n) is 10.3. The van der Waals surface area contributed by atoms with Gasteiger partial charge in [-0.15, -0.1) is 11.8 Å². The number of hydrogen-bond acceptors (Lipinski definition) is 2. The van der Waals surface area contributed by atoms with Crippen LogP contribution in [0.4, 0.5) is 0 Å². The van der Waals surface area contributed by atoms with E-state index in [1.54, 1.807) is 11.8 Å². The SMILES string of the molecule is CC/C=C\C/C=C\C/C=C\C/C=C\C/C=C\CCCCS[C@H](CC)C(=O)O. The second-order valence-electron chi connectivity index (χ2n) is 6.31. The molecule has 1 atom stereocenters. The van der Waals surface area contributed by atoms with Crippen molar-refractivity contribution in [3.8, 4) is 0 Å². The zero-order valence-corrected chi connectivity index (χ0v) is 18.0. The van der Waals surface area contributed by atoms with Crippen LogP contribution in [0.3, 0.4) is 0 Å². The minimum Gasteiger partial charge on any atom is -0.480 e. The summed E-state index contributed by atoms with van der Waals surface area (Å²) in [6.45, 7) is 4.09. The van der Waals surface area contributed by atoms with E-state index in [2.05, 4.69) is 67.7 Å². The van der Waals surface area contributed by atoms with Crippen molar-refractivity contribution in [2.45, 2.75) is 76.9 Å². The Hall–Kier alpha value is -1.48. The van der Waals surface area contributed by atoms with Gasteiger partial charge in [0, 0.05) is 0 Å². The van der Waals surface area contributed by atoms with E-state index < -0.39 is 5.97 Å². The normalized spacial score (nSPS) is 13.9. The summed E-state index contributed by atoms with van der Waals surface area (Å²) in [6, 6.07) is 0. The molecule has 0 rings (SSSR count). The molecule has 0 fully saturated rings. The maximum absolute atomic E-state index is 10.9.